The van der Waals surface area contributed by atoms with Crippen molar-refractivity contribution in [1.82, 2.24) is 25.3 Å². The summed E-state index contributed by atoms with van der Waals surface area (Å²) in [6.45, 7) is 1.31. The molecule has 0 saturated carbocycles. The summed E-state index contributed by atoms with van der Waals surface area (Å²) in [5.74, 6) is 0.609. The van der Waals surface area contributed by atoms with E-state index in [-0.39, 0.29) is 11.7 Å². The molecule has 0 aliphatic carbocycles. The van der Waals surface area contributed by atoms with Gasteiger partial charge >= 0.3 is 0 Å². The van der Waals surface area contributed by atoms with Crippen molar-refractivity contribution < 1.29 is 4.74 Å². The van der Waals surface area contributed by atoms with Crippen LogP contribution in [0.25, 0.3) is 11.2 Å². The summed E-state index contributed by atoms with van der Waals surface area (Å²) in [6.07, 6.45) is 3.08. The van der Waals surface area contributed by atoms with Crippen molar-refractivity contribution in [2.75, 3.05) is 13.1 Å². The number of nitrogens with one attached hydrogen (secondary N) is 2. The first-order valence-electron chi connectivity index (χ1n) is 4.99. The zero-order valence-corrected chi connectivity index (χ0v) is 9.11. The number of nitrogens with zero attached hydrogens (tertiary/aromatic N) is 3. The van der Waals surface area contributed by atoms with E-state index in [1.807, 2.05) is 0 Å². The van der Waals surface area contributed by atoms with Crippen molar-refractivity contribution in [2.45, 2.75) is 11.7 Å². The number of imidazole rings is 1. The summed E-state index contributed by atoms with van der Waals surface area (Å²) in [7, 11) is 0. The summed E-state index contributed by atoms with van der Waals surface area (Å²) >= 11 is 5.90. The second kappa shape index (κ2) is 3.97. The summed E-state index contributed by atoms with van der Waals surface area (Å²) < 4.78 is 5.54. The van der Waals surface area contributed by atoms with E-state index in [1.54, 1.807) is 12.5 Å². The fourth-order valence-electron chi connectivity index (χ4n) is 1.66. The lowest BCUT2D eigenvalue weighted by atomic mass is 10.3. The van der Waals surface area contributed by atoms with E-state index in [9.17, 15) is 0 Å². The van der Waals surface area contributed by atoms with Crippen molar-refractivity contribution in [3.05, 3.63) is 18.3 Å². The standard InChI is InChI=1S/C9H10ClN5O/c10-7-3-11-2-6(16-7)9-12-1-5-8(15-9)14-4-13-5/h1,4,6-7,11H,2-3H2,(H,12,13,14,15). The lowest BCUT2D eigenvalue weighted by Gasteiger charge is -2.25. The molecule has 6 nitrogen and oxygen atoms in total. The Balaban J connectivity index is 1.92. The summed E-state index contributed by atoms with van der Waals surface area (Å²) in [4.78, 5) is 15.6. The van der Waals surface area contributed by atoms with Crippen molar-refractivity contribution in [1.29, 1.82) is 0 Å². The lowest BCUT2D eigenvalue weighted by Crippen LogP contribution is -2.38. The molecule has 84 valence electrons. The van der Waals surface area contributed by atoms with Crippen LogP contribution in [0.15, 0.2) is 12.5 Å². The number of alkyl halides is 1. The van der Waals surface area contributed by atoms with Gasteiger partial charge < -0.3 is 15.0 Å². The quantitative estimate of drug-likeness (QED) is 0.712. The van der Waals surface area contributed by atoms with Crippen LogP contribution in [0.2, 0.25) is 0 Å². The number of aromatic nitrogens is 4. The van der Waals surface area contributed by atoms with Gasteiger partial charge in [0.05, 0.1) is 12.5 Å². The normalized spacial score (nSPS) is 26.1. The minimum Gasteiger partial charge on any atom is -0.349 e. The zero-order chi connectivity index (χ0) is 11.0. The average molecular weight is 240 g/mol. The molecule has 2 aromatic heterocycles. The Morgan fingerprint density at radius 1 is 1.38 bits per heavy atom. The van der Waals surface area contributed by atoms with Crippen molar-refractivity contribution in [3.63, 3.8) is 0 Å². The Morgan fingerprint density at radius 2 is 2.31 bits per heavy atom. The minimum absolute atomic E-state index is 0.211. The molecule has 2 N–H and O–H groups in total. The van der Waals surface area contributed by atoms with E-state index < -0.39 is 0 Å². The largest absolute Gasteiger partial charge is 0.349 e. The molecule has 0 radical (unpaired) electrons. The van der Waals surface area contributed by atoms with Crippen molar-refractivity contribution in [3.8, 4) is 0 Å². The third kappa shape index (κ3) is 1.75. The maximum Gasteiger partial charge on any atom is 0.180 e. The van der Waals surface area contributed by atoms with Gasteiger partial charge in [-0.25, -0.2) is 15.0 Å². The first kappa shape index (κ1) is 9.95. The highest BCUT2D eigenvalue weighted by molar-refractivity contribution is 6.19. The van der Waals surface area contributed by atoms with E-state index >= 15 is 0 Å². The Labute approximate surface area is 96.4 Å². The van der Waals surface area contributed by atoms with Gasteiger partial charge in [0.25, 0.3) is 0 Å². The van der Waals surface area contributed by atoms with Crippen LogP contribution in [0.5, 0.6) is 0 Å². The molecular formula is C9H10ClN5O. The van der Waals surface area contributed by atoms with Crippen LogP contribution in [0.1, 0.15) is 11.9 Å². The van der Waals surface area contributed by atoms with E-state index in [2.05, 4.69) is 25.3 Å². The number of H-pyrrole nitrogens is 1. The van der Waals surface area contributed by atoms with E-state index in [0.717, 1.165) is 5.52 Å². The van der Waals surface area contributed by atoms with Crippen molar-refractivity contribution in [2.24, 2.45) is 0 Å². The number of morpholine rings is 1. The van der Waals surface area contributed by atoms with Crippen molar-refractivity contribution >= 4 is 22.8 Å². The van der Waals surface area contributed by atoms with Gasteiger partial charge in [-0.15, -0.1) is 0 Å². The summed E-state index contributed by atoms with van der Waals surface area (Å²) in [5, 5.41) is 3.16. The van der Waals surface area contributed by atoms with Gasteiger partial charge in [-0.3, -0.25) is 0 Å². The topological polar surface area (TPSA) is 75.7 Å². The molecule has 1 fully saturated rings. The molecule has 0 bridgehead atoms. The molecule has 2 atom stereocenters. The number of fused-ring (bicyclic) bond motifs is 1. The van der Waals surface area contributed by atoms with E-state index in [0.29, 0.717) is 24.6 Å². The number of hydrogen-bond acceptors (Lipinski definition) is 5. The number of aromatic amines is 1. The second-order valence-corrected chi connectivity index (χ2v) is 4.05. The number of hydrogen-bond donors (Lipinski definition) is 2. The van der Waals surface area contributed by atoms with Crippen LogP contribution in [0.4, 0.5) is 0 Å². The molecule has 3 heterocycles. The van der Waals surface area contributed by atoms with Crippen LogP contribution in [0, 0.1) is 0 Å². The first-order chi connectivity index (χ1) is 7.83. The van der Waals surface area contributed by atoms with Gasteiger partial charge in [0.2, 0.25) is 0 Å². The third-order valence-corrected chi connectivity index (χ3v) is 2.69. The summed E-state index contributed by atoms with van der Waals surface area (Å²) in [6, 6.07) is 0. The minimum atomic E-state index is -0.336. The Morgan fingerprint density at radius 3 is 3.19 bits per heavy atom. The molecule has 3 rings (SSSR count). The molecule has 1 saturated heterocycles. The van der Waals surface area contributed by atoms with Gasteiger partial charge in [-0.05, 0) is 0 Å². The predicted molar refractivity (Wildman–Crippen MR) is 58.0 cm³/mol. The fourth-order valence-corrected chi connectivity index (χ4v) is 1.89. The number of halogens is 1. The highest BCUT2D eigenvalue weighted by atomic mass is 35.5. The molecule has 7 heteroatoms. The predicted octanol–water partition coefficient (Wildman–Crippen LogP) is 0.579. The molecule has 2 unspecified atom stereocenters. The SMILES string of the molecule is ClC1CNCC(c2ncc3[nH]cnc3n2)O1. The smallest absolute Gasteiger partial charge is 0.180 e. The second-order valence-electron chi connectivity index (χ2n) is 3.56. The molecular weight excluding hydrogens is 230 g/mol. The van der Waals surface area contributed by atoms with E-state index in [4.69, 9.17) is 16.3 Å². The first-order valence-corrected chi connectivity index (χ1v) is 5.43. The van der Waals surface area contributed by atoms with Gasteiger partial charge in [0, 0.05) is 13.1 Å². The maximum atomic E-state index is 5.90. The van der Waals surface area contributed by atoms with Gasteiger partial charge in [-0.1, -0.05) is 11.6 Å². The fraction of sp³-hybridized carbons (Fsp3) is 0.444. The molecule has 16 heavy (non-hydrogen) atoms. The van der Waals surface area contributed by atoms with Gasteiger partial charge in [0.15, 0.2) is 11.5 Å². The van der Waals surface area contributed by atoms with Gasteiger partial charge in [0.1, 0.15) is 17.2 Å². The summed E-state index contributed by atoms with van der Waals surface area (Å²) in [5.41, 5.74) is 1.12. The Kier molecular flexibility index (Phi) is 2.47. The number of ether oxygens (including phenoxy) is 1. The Hall–Kier alpha value is -1.24. The molecule has 2 aromatic rings. The highest BCUT2D eigenvalue weighted by Crippen LogP contribution is 2.20. The Bertz CT molecular complexity index is 501. The number of rotatable bonds is 1. The molecule has 1 aliphatic heterocycles. The molecule has 0 spiro atoms. The third-order valence-electron chi connectivity index (χ3n) is 2.43. The average Bonchev–Trinajstić information content (AvgIpc) is 2.75. The van der Waals surface area contributed by atoms with Crippen LogP contribution in [-0.2, 0) is 4.74 Å². The van der Waals surface area contributed by atoms with E-state index in [1.165, 1.54) is 0 Å². The van der Waals surface area contributed by atoms with Crippen LogP contribution >= 0.6 is 11.6 Å². The maximum absolute atomic E-state index is 5.90. The zero-order valence-electron chi connectivity index (χ0n) is 8.35. The van der Waals surface area contributed by atoms with Crippen LogP contribution in [-0.4, -0.2) is 38.6 Å². The van der Waals surface area contributed by atoms with Crippen LogP contribution < -0.4 is 5.32 Å². The monoisotopic (exact) mass is 239 g/mol. The molecule has 0 amide bonds. The highest BCUT2D eigenvalue weighted by Gasteiger charge is 2.24. The molecule has 0 aromatic carbocycles. The lowest BCUT2D eigenvalue weighted by molar-refractivity contribution is -0.00128. The molecule has 1 aliphatic rings. The van der Waals surface area contributed by atoms with Gasteiger partial charge in [-0.2, -0.15) is 0 Å². The van der Waals surface area contributed by atoms with Crippen LogP contribution in [0.3, 0.4) is 0 Å².